The molecule has 0 fully saturated rings. The predicted octanol–water partition coefficient (Wildman–Crippen LogP) is 5.43. The second-order valence-electron chi connectivity index (χ2n) is 6.27. The third-order valence-electron chi connectivity index (χ3n) is 4.12. The second-order valence-corrected chi connectivity index (χ2v) is 7.09. The molecule has 3 aromatic rings. The van der Waals surface area contributed by atoms with Crippen LogP contribution in [0.4, 0.5) is 0 Å². The summed E-state index contributed by atoms with van der Waals surface area (Å²) in [5, 5.41) is 5.15. The second kappa shape index (κ2) is 9.49. The molecule has 2 heterocycles. The summed E-state index contributed by atoms with van der Waals surface area (Å²) in [6, 6.07) is 13.0. The molecule has 0 radical (unpaired) electrons. The number of pyridine rings is 1. The number of halogens is 2. The number of benzene rings is 1. The van der Waals surface area contributed by atoms with E-state index in [1.807, 2.05) is 42.6 Å². The Morgan fingerprint density at radius 2 is 2.00 bits per heavy atom. The van der Waals surface area contributed by atoms with Crippen LogP contribution in [-0.4, -0.2) is 20.5 Å². The fourth-order valence-corrected chi connectivity index (χ4v) is 2.98. The molecule has 0 aliphatic carbocycles. The Morgan fingerprint density at radius 1 is 1.14 bits per heavy atom. The van der Waals surface area contributed by atoms with Crippen LogP contribution in [0.1, 0.15) is 17.7 Å². The minimum Gasteiger partial charge on any atom is -0.290 e. The summed E-state index contributed by atoms with van der Waals surface area (Å²) in [7, 11) is 0. The van der Waals surface area contributed by atoms with Crippen molar-refractivity contribution in [1.82, 2.24) is 14.8 Å². The summed E-state index contributed by atoms with van der Waals surface area (Å²) in [5.41, 5.74) is 2.36. The van der Waals surface area contributed by atoms with Gasteiger partial charge in [0.25, 0.3) is 0 Å². The molecule has 28 heavy (non-hydrogen) atoms. The highest BCUT2D eigenvalue weighted by Crippen LogP contribution is 2.23. The molecule has 0 aliphatic rings. The fraction of sp³-hybridized carbons (Fsp3) is 0.136. The molecular formula is C22H19Cl2N3O. The first-order valence-corrected chi connectivity index (χ1v) is 9.57. The molecule has 3 rings (SSSR count). The average Bonchev–Trinajstić information content (AvgIpc) is 3.23. The van der Waals surface area contributed by atoms with Crippen molar-refractivity contribution in [3.05, 3.63) is 100 Å². The van der Waals surface area contributed by atoms with Crippen LogP contribution in [0.25, 0.3) is 5.82 Å². The summed E-state index contributed by atoms with van der Waals surface area (Å²) in [6.45, 7) is 3.88. The Kier molecular flexibility index (Phi) is 6.80. The maximum absolute atomic E-state index is 12.2. The molecular weight excluding hydrogens is 393 g/mol. The minimum atomic E-state index is -0.0932. The molecule has 0 amide bonds. The molecule has 0 bridgehead atoms. The summed E-state index contributed by atoms with van der Waals surface area (Å²) in [6.07, 6.45) is 8.87. The molecule has 142 valence electrons. The fourth-order valence-electron chi connectivity index (χ4n) is 2.66. The van der Waals surface area contributed by atoms with E-state index in [0.717, 1.165) is 23.5 Å². The van der Waals surface area contributed by atoms with E-state index in [1.165, 1.54) is 0 Å². The van der Waals surface area contributed by atoms with E-state index in [1.54, 1.807) is 29.1 Å². The van der Waals surface area contributed by atoms with Gasteiger partial charge in [0, 0.05) is 24.5 Å². The number of carbonyl (C=O) groups is 1. The van der Waals surface area contributed by atoms with E-state index in [4.69, 9.17) is 23.2 Å². The molecule has 0 atom stereocenters. The number of rotatable bonds is 8. The van der Waals surface area contributed by atoms with Crippen molar-refractivity contribution in [2.24, 2.45) is 0 Å². The van der Waals surface area contributed by atoms with Crippen LogP contribution in [0.3, 0.4) is 0 Å². The van der Waals surface area contributed by atoms with Gasteiger partial charge in [-0.15, -0.1) is 0 Å². The van der Waals surface area contributed by atoms with Crippen molar-refractivity contribution < 1.29 is 4.79 Å². The largest absolute Gasteiger partial charge is 0.290 e. The van der Waals surface area contributed by atoms with Gasteiger partial charge in [0.15, 0.2) is 11.6 Å². The van der Waals surface area contributed by atoms with Crippen LogP contribution in [0.15, 0.2) is 79.2 Å². The topological polar surface area (TPSA) is 47.8 Å². The van der Waals surface area contributed by atoms with Gasteiger partial charge in [0.05, 0.1) is 10.0 Å². The Hall–Kier alpha value is -2.69. The Balaban J connectivity index is 1.51. The number of hydrogen-bond donors (Lipinski definition) is 0. The molecule has 0 N–H and O–H groups in total. The predicted molar refractivity (Wildman–Crippen MR) is 113 cm³/mol. The minimum absolute atomic E-state index is 0.0932. The molecule has 0 aliphatic heterocycles. The molecule has 4 nitrogen and oxygen atoms in total. The monoisotopic (exact) mass is 411 g/mol. The third kappa shape index (κ3) is 5.41. The van der Waals surface area contributed by atoms with Crippen LogP contribution in [0, 0.1) is 0 Å². The van der Waals surface area contributed by atoms with Crippen molar-refractivity contribution >= 4 is 29.0 Å². The number of hydrogen-bond acceptors (Lipinski definition) is 3. The molecule has 6 heteroatoms. The van der Waals surface area contributed by atoms with E-state index in [0.29, 0.717) is 28.5 Å². The van der Waals surface area contributed by atoms with Crippen LogP contribution in [0.2, 0.25) is 10.0 Å². The van der Waals surface area contributed by atoms with Gasteiger partial charge in [0.1, 0.15) is 0 Å². The van der Waals surface area contributed by atoms with E-state index in [9.17, 15) is 4.79 Å². The van der Waals surface area contributed by atoms with Crippen molar-refractivity contribution in [2.75, 3.05) is 0 Å². The lowest BCUT2D eigenvalue weighted by Gasteiger charge is -2.04. The van der Waals surface area contributed by atoms with Crippen molar-refractivity contribution in [2.45, 2.75) is 19.3 Å². The highest BCUT2D eigenvalue weighted by atomic mass is 35.5. The lowest BCUT2D eigenvalue weighted by molar-refractivity contribution is -0.111. The standard InChI is InChI=1S/C22H19Cl2N3O/c1-16(14-17-10-11-19(23)20(24)15-17)21(28)8-3-2-6-18-7-4-9-22(26-18)27-13-5-12-25-27/h3-5,7-13,15H,1-2,6,14H2. The average molecular weight is 412 g/mol. The number of nitrogens with zero attached hydrogens (tertiary/aromatic N) is 3. The number of ketones is 1. The zero-order valence-corrected chi connectivity index (χ0v) is 16.7. The molecule has 0 unspecified atom stereocenters. The van der Waals surface area contributed by atoms with E-state index < -0.39 is 0 Å². The Labute approximate surface area is 174 Å². The van der Waals surface area contributed by atoms with Crippen molar-refractivity contribution in [1.29, 1.82) is 0 Å². The SMILES string of the molecule is C=C(Cc1ccc(Cl)c(Cl)c1)C(=O)C=CCCc1cccc(-n2cccn2)n1. The quantitative estimate of drug-likeness (QED) is 0.464. The number of carbonyl (C=O) groups excluding carboxylic acids is 1. The molecule has 0 saturated carbocycles. The van der Waals surface area contributed by atoms with Crippen molar-refractivity contribution in [3.8, 4) is 5.82 Å². The van der Waals surface area contributed by atoms with Gasteiger partial charge in [-0.1, -0.05) is 48.0 Å². The van der Waals surface area contributed by atoms with Gasteiger partial charge >= 0.3 is 0 Å². The summed E-state index contributed by atoms with van der Waals surface area (Å²) in [4.78, 5) is 16.8. The van der Waals surface area contributed by atoms with Gasteiger partial charge in [-0.05, 0) is 60.4 Å². The third-order valence-corrected chi connectivity index (χ3v) is 4.86. The molecule has 2 aromatic heterocycles. The van der Waals surface area contributed by atoms with Crippen LogP contribution in [-0.2, 0) is 17.6 Å². The molecule has 1 aromatic carbocycles. The smallest absolute Gasteiger partial charge is 0.181 e. The molecule has 0 spiro atoms. The van der Waals surface area contributed by atoms with E-state index in [2.05, 4.69) is 16.7 Å². The zero-order chi connectivity index (χ0) is 19.9. The van der Waals surface area contributed by atoms with Gasteiger partial charge in [-0.2, -0.15) is 5.10 Å². The summed E-state index contributed by atoms with van der Waals surface area (Å²) in [5.74, 6) is 0.682. The highest BCUT2D eigenvalue weighted by molar-refractivity contribution is 6.42. The Morgan fingerprint density at radius 3 is 2.75 bits per heavy atom. The van der Waals surface area contributed by atoms with E-state index >= 15 is 0 Å². The number of allylic oxidation sites excluding steroid dienone is 3. The summed E-state index contributed by atoms with van der Waals surface area (Å²) < 4.78 is 1.72. The van der Waals surface area contributed by atoms with E-state index in [-0.39, 0.29) is 5.78 Å². The first kappa shape index (κ1) is 20.1. The molecule has 0 saturated heterocycles. The van der Waals surface area contributed by atoms with Crippen LogP contribution >= 0.6 is 23.2 Å². The first-order chi connectivity index (χ1) is 13.5. The number of aromatic nitrogens is 3. The highest BCUT2D eigenvalue weighted by Gasteiger charge is 2.07. The van der Waals surface area contributed by atoms with Gasteiger partial charge in [-0.25, -0.2) is 9.67 Å². The van der Waals surface area contributed by atoms with Gasteiger partial charge in [0.2, 0.25) is 0 Å². The lowest BCUT2D eigenvalue weighted by atomic mass is 10.0. The van der Waals surface area contributed by atoms with Crippen LogP contribution < -0.4 is 0 Å². The maximum Gasteiger partial charge on any atom is 0.181 e. The number of aryl methyl sites for hydroxylation is 1. The van der Waals surface area contributed by atoms with Gasteiger partial charge in [-0.3, -0.25) is 4.79 Å². The first-order valence-electron chi connectivity index (χ1n) is 8.81. The Bertz CT molecular complexity index is 1010. The van der Waals surface area contributed by atoms with Gasteiger partial charge < -0.3 is 0 Å². The lowest BCUT2D eigenvalue weighted by Crippen LogP contribution is -2.01. The zero-order valence-electron chi connectivity index (χ0n) is 15.2. The van der Waals surface area contributed by atoms with Crippen molar-refractivity contribution in [3.63, 3.8) is 0 Å². The van der Waals surface area contributed by atoms with Crippen LogP contribution in [0.5, 0.6) is 0 Å². The summed E-state index contributed by atoms with van der Waals surface area (Å²) >= 11 is 11.9. The normalized spacial score (nSPS) is 11.1. The maximum atomic E-state index is 12.2.